The SMILES string of the molecule is CCNC(=NCc1ccc(F)c(Cl)c1)NCC1(C(=O)N(C)C)CCCC1.I. The first-order valence-electron chi connectivity index (χ1n) is 9.06. The van der Waals surface area contributed by atoms with Gasteiger partial charge in [0.05, 0.1) is 17.0 Å². The van der Waals surface area contributed by atoms with E-state index in [2.05, 4.69) is 15.6 Å². The molecule has 0 saturated heterocycles. The van der Waals surface area contributed by atoms with E-state index in [1.54, 1.807) is 31.1 Å². The summed E-state index contributed by atoms with van der Waals surface area (Å²) in [5.41, 5.74) is 0.465. The topological polar surface area (TPSA) is 56.7 Å². The molecule has 2 rings (SSSR count). The van der Waals surface area contributed by atoms with Crippen LogP contribution >= 0.6 is 35.6 Å². The summed E-state index contributed by atoms with van der Waals surface area (Å²) < 4.78 is 13.3. The number of hydrogen-bond acceptors (Lipinski definition) is 2. The van der Waals surface area contributed by atoms with E-state index in [9.17, 15) is 9.18 Å². The van der Waals surface area contributed by atoms with Gasteiger partial charge in [0.1, 0.15) is 5.82 Å². The Balaban J connectivity index is 0.00000364. The Bertz CT molecular complexity index is 663. The molecule has 0 bridgehead atoms. The molecule has 1 aromatic rings. The van der Waals surface area contributed by atoms with Gasteiger partial charge in [0.15, 0.2) is 5.96 Å². The van der Waals surface area contributed by atoms with Crippen molar-refractivity contribution in [2.45, 2.75) is 39.2 Å². The Kier molecular flexibility index (Phi) is 9.80. The second-order valence-electron chi connectivity index (χ2n) is 6.98. The fourth-order valence-corrected chi connectivity index (χ4v) is 3.60. The van der Waals surface area contributed by atoms with Crippen molar-refractivity contribution in [3.8, 4) is 0 Å². The van der Waals surface area contributed by atoms with Gasteiger partial charge in [-0.15, -0.1) is 24.0 Å². The first-order valence-corrected chi connectivity index (χ1v) is 9.43. The number of carbonyl (C=O) groups is 1. The largest absolute Gasteiger partial charge is 0.357 e. The van der Waals surface area contributed by atoms with Crippen LogP contribution in [-0.4, -0.2) is 44.0 Å². The number of nitrogens with zero attached hydrogens (tertiary/aromatic N) is 2. The molecule has 1 saturated carbocycles. The summed E-state index contributed by atoms with van der Waals surface area (Å²) in [6, 6.07) is 4.59. The Morgan fingerprint density at radius 2 is 1.96 bits per heavy atom. The molecule has 0 heterocycles. The average molecular weight is 511 g/mol. The van der Waals surface area contributed by atoms with Crippen LogP contribution in [-0.2, 0) is 11.3 Å². The van der Waals surface area contributed by atoms with Gasteiger partial charge in [0.25, 0.3) is 0 Å². The van der Waals surface area contributed by atoms with Crippen LogP contribution < -0.4 is 10.6 Å². The zero-order valence-corrected chi connectivity index (χ0v) is 19.2. The third-order valence-electron chi connectivity index (χ3n) is 4.76. The van der Waals surface area contributed by atoms with Crippen molar-refractivity contribution >= 4 is 47.4 Å². The van der Waals surface area contributed by atoms with E-state index in [1.165, 1.54) is 6.07 Å². The lowest BCUT2D eigenvalue weighted by Gasteiger charge is -2.31. The van der Waals surface area contributed by atoms with Crippen molar-refractivity contribution in [3.63, 3.8) is 0 Å². The summed E-state index contributed by atoms with van der Waals surface area (Å²) in [6.45, 7) is 3.64. The van der Waals surface area contributed by atoms with E-state index >= 15 is 0 Å². The maximum atomic E-state index is 13.3. The summed E-state index contributed by atoms with van der Waals surface area (Å²) in [6.07, 6.45) is 3.93. The fraction of sp³-hybridized carbons (Fsp3) is 0.579. The van der Waals surface area contributed by atoms with Crippen molar-refractivity contribution in [1.82, 2.24) is 15.5 Å². The van der Waals surface area contributed by atoms with Crippen molar-refractivity contribution < 1.29 is 9.18 Å². The van der Waals surface area contributed by atoms with Crippen LogP contribution in [0.1, 0.15) is 38.2 Å². The lowest BCUT2D eigenvalue weighted by atomic mass is 9.84. The second kappa shape index (κ2) is 11.0. The predicted octanol–water partition coefficient (Wildman–Crippen LogP) is 3.80. The lowest BCUT2D eigenvalue weighted by molar-refractivity contribution is -0.138. The molecule has 0 unspecified atom stereocenters. The Hall–Kier alpha value is -1.09. The average Bonchev–Trinajstić information content (AvgIpc) is 3.09. The molecule has 0 aliphatic heterocycles. The van der Waals surface area contributed by atoms with E-state index in [0.29, 0.717) is 25.6 Å². The molecular weight excluding hydrogens is 482 g/mol. The smallest absolute Gasteiger partial charge is 0.230 e. The van der Waals surface area contributed by atoms with Crippen LogP contribution in [0.5, 0.6) is 0 Å². The normalized spacial score (nSPS) is 15.8. The molecule has 0 spiro atoms. The molecule has 152 valence electrons. The summed E-state index contributed by atoms with van der Waals surface area (Å²) in [7, 11) is 3.61. The number of aliphatic imine (C=N–C) groups is 1. The third-order valence-corrected chi connectivity index (χ3v) is 5.05. The number of benzene rings is 1. The number of amides is 1. The zero-order chi connectivity index (χ0) is 19.2. The highest BCUT2D eigenvalue weighted by molar-refractivity contribution is 14.0. The summed E-state index contributed by atoms with van der Waals surface area (Å²) >= 11 is 5.82. The molecule has 0 aromatic heterocycles. The zero-order valence-electron chi connectivity index (χ0n) is 16.1. The quantitative estimate of drug-likeness (QED) is 0.348. The van der Waals surface area contributed by atoms with E-state index in [1.807, 2.05) is 6.92 Å². The van der Waals surface area contributed by atoms with Gasteiger partial charge in [-0.2, -0.15) is 0 Å². The van der Waals surface area contributed by atoms with E-state index in [-0.39, 0.29) is 40.3 Å². The first-order chi connectivity index (χ1) is 12.4. The van der Waals surface area contributed by atoms with Gasteiger partial charge in [-0.25, -0.2) is 9.38 Å². The van der Waals surface area contributed by atoms with Crippen molar-refractivity contribution in [2.75, 3.05) is 27.2 Å². The molecule has 5 nitrogen and oxygen atoms in total. The molecule has 0 radical (unpaired) electrons. The Morgan fingerprint density at radius 1 is 1.30 bits per heavy atom. The Morgan fingerprint density at radius 3 is 2.52 bits per heavy atom. The third kappa shape index (κ3) is 6.48. The molecule has 1 aliphatic rings. The van der Waals surface area contributed by atoms with Crippen molar-refractivity contribution in [2.24, 2.45) is 10.4 Å². The maximum Gasteiger partial charge on any atom is 0.230 e. The highest BCUT2D eigenvalue weighted by Crippen LogP contribution is 2.38. The van der Waals surface area contributed by atoms with Gasteiger partial charge < -0.3 is 15.5 Å². The number of carbonyl (C=O) groups excluding carboxylic acids is 1. The first kappa shape index (κ1) is 23.9. The van der Waals surface area contributed by atoms with Gasteiger partial charge in [0.2, 0.25) is 5.91 Å². The van der Waals surface area contributed by atoms with Crippen molar-refractivity contribution in [3.05, 3.63) is 34.6 Å². The minimum absolute atomic E-state index is 0. The van der Waals surface area contributed by atoms with Gasteiger partial charge >= 0.3 is 0 Å². The molecule has 2 N–H and O–H groups in total. The molecular formula is C19H29ClFIN4O. The number of nitrogens with one attached hydrogen (secondary N) is 2. The summed E-state index contributed by atoms with van der Waals surface area (Å²) in [5, 5.41) is 6.61. The minimum atomic E-state index is -0.435. The van der Waals surface area contributed by atoms with Crippen LogP contribution in [0.2, 0.25) is 5.02 Å². The van der Waals surface area contributed by atoms with E-state index in [0.717, 1.165) is 31.2 Å². The number of guanidine groups is 1. The number of rotatable bonds is 6. The van der Waals surface area contributed by atoms with Crippen LogP contribution in [0.25, 0.3) is 0 Å². The molecule has 8 heteroatoms. The maximum absolute atomic E-state index is 13.3. The fourth-order valence-electron chi connectivity index (χ4n) is 3.40. The monoisotopic (exact) mass is 510 g/mol. The van der Waals surface area contributed by atoms with Crippen LogP contribution in [0.4, 0.5) is 4.39 Å². The Labute approximate surface area is 183 Å². The molecule has 27 heavy (non-hydrogen) atoms. The molecule has 1 aromatic carbocycles. The van der Waals surface area contributed by atoms with Crippen molar-refractivity contribution in [1.29, 1.82) is 0 Å². The van der Waals surface area contributed by atoms with E-state index in [4.69, 9.17) is 11.6 Å². The number of hydrogen-bond donors (Lipinski definition) is 2. The van der Waals surface area contributed by atoms with Crippen LogP contribution in [0.15, 0.2) is 23.2 Å². The lowest BCUT2D eigenvalue weighted by Crippen LogP contribution is -2.49. The molecule has 1 aliphatic carbocycles. The van der Waals surface area contributed by atoms with E-state index < -0.39 is 5.82 Å². The highest BCUT2D eigenvalue weighted by atomic mass is 127. The van der Waals surface area contributed by atoms with Gasteiger partial charge in [-0.3, -0.25) is 4.79 Å². The van der Waals surface area contributed by atoms with Crippen LogP contribution in [0.3, 0.4) is 0 Å². The number of halogens is 3. The summed E-state index contributed by atoms with van der Waals surface area (Å²) in [4.78, 5) is 18.9. The van der Waals surface area contributed by atoms with Gasteiger partial charge in [-0.1, -0.05) is 30.5 Å². The predicted molar refractivity (Wildman–Crippen MR) is 119 cm³/mol. The van der Waals surface area contributed by atoms with Gasteiger partial charge in [-0.05, 0) is 37.5 Å². The minimum Gasteiger partial charge on any atom is -0.357 e. The molecule has 1 fully saturated rings. The molecule has 1 amide bonds. The highest BCUT2D eigenvalue weighted by Gasteiger charge is 2.42. The molecule has 0 atom stereocenters. The van der Waals surface area contributed by atoms with Gasteiger partial charge in [0, 0.05) is 27.2 Å². The second-order valence-corrected chi connectivity index (χ2v) is 7.39. The summed E-state index contributed by atoms with van der Waals surface area (Å²) in [5.74, 6) is 0.379. The van der Waals surface area contributed by atoms with Crippen LogP contribution in [0, 0.1) is 11.2 Å². The standard InChI is InChI=1S/C19H28ClFN4O.HI/c1-4-22-18(23-12-14-7-8-16(21)15(20)11-14)24-13-19(9-5-6-10-19)17(26)25(2)3;/h7-8,11H,4-6,9-10,12-13H2,1-3H3,(H2,22,23,24);1H.